The van der Waals surface area contributed by atoms with Gasteiger partial charge in [-0.3, -0.25) is 0 Å². The Hall–Kier alpha value is -1.29. The Morgan fingerprint density at radius 3 is 3.12 bits per heavy atom. The van der Waals surface area contributed by atoms with Gasteiger partial charge in [-0.2, -0.15) is 5.10 Å². The molecule has 1 N–H and O–H groups in total. The zero-order chi connectivity index (χ0) is 10.8. The minimum absolute atomic E-state index is 0.486. The van der Waals surface area contributed by atoms with Gasteiger partial charge in [0, 0.05) is 12.6 Å². The molecule has 0 bridgehead atoms. The van der Waals surface area contributed by atoms with Gasteiger partial charge in [-0.15, -0.1) is 0 Å². The van der Waals surface area contributed by atoms with E-state index in [-0.39, 0.29) is 0 Å². The highest BCUT2D eigenvalue weighted by Gasteiger charge is 2.45. The van der Waals surface area contributed by atoms with Crippen molar-refractivity contribution in [3.63, 3.8) is 0 Å². The highest BCUT2D eigenvalue weighted by molar-refractivity contribution is 6.29. The average Bonchev–Trinajstić information content (AvgIpc) is 2.89. The fraction of sp³-hybridized carbons (Fsp3) is 0.455. The van der Waals surface area contributed by atoms with Gasteiger partial charge in [-0.05, 0) is 24.7 Å². The van der Waals surface area contributed by atoms with E-state index in [4.69, 9.17) is 11.6 Å². The van der Waals surface area contributed by atoms with Crippen molar-refractivity contribution in [2.24, 2.45) is 5.41 Å². The van der Waals surface area contributed by atoms with Crippen molar-refractivity contribution in [3.05, 3.63) is 23.1 Å². The molecule has 4 rings (SSSR count). The lowest BCUT2D eigenvalue weighted by Gasteiger charge is -2.25. The van der Waals surface area contributed by atoms with E-state index in [2.05, 4.69) is 15.4 Å². The molecule has 1 aliphatic carbocycles. The number of fused-ring (bicyclic) bond motifs is 3. The molecule has 0 atom stereocenters. The summed E-state index contributed by atoms with van der Waals surface area (Å²) in [4.78, 5) is 4.34. The van der Waals surface area contributed by atoms with Crippen molar-refractivity contribution in [1.29, 1.82) is 0 Å². The summed E-state index contributed by atoms with van der Waals surface area (Å²) in [5, 5.41) is 8.26. The topological polar surface area (TPSA) is 42.2 Å². The summed E-state index contributed by atoms with van der Waals surface area (Å²) in [6, 6.07) is 1.80. The summed E-state index contributed by atoms with van der Waals surface area (Å²) >= 11 is 5.92. The van der Waals surface area contributed by atoms with Crippen LogP contribution in [0.4, 0.5) is 5.69 Å². The molecule has 2 aromatic rings. The first kappa shape index (κ1) is 8.82. The summed E-state index contributed by atoms with van der Waals surface area (Å²) in [6.45, 7) is 1.07. The molecule has 4 nitrogen and oxygen atoms in total. The van der Waals surface area contributed by atoms with Crippen molar-refractivity contribution in [3.8, 4) is 0 Å². The van der Waals surface area contributed by atoms with Gasteiger partial charge in [0.1, 0.15) is 0 Å². The zero-order valence-electron chi connectivity index (χ0n) is 8.70. The predicted molar refractivity (Wildman–Crippen MR) is 61.9 cm³/mol. The van der Waals surface area contributed by atoms with Gasteiger partial charge in [-0.25, -0.2) is 9.50 Å². The van der Waals surface area contributed by atoms with E-state index in [9.17, 15) is 0 Å². The Morgan fingerprint density at radius 1 is 1.44 bits per heavy atom. The fourth-order valence-electron chi connectivity index (χ4n) is 2.50. The van der Waals surface area contributed by atoms with Crippen LogP contribution in [0.15, 0.2) is 12.3 Å². The normalized spacial score (nSPS) is 20.8. The maximum atomic E-state index is 5.92. The van der Waals surface area contributed by atoms with E-state index in [0.717, 1.165) is 24.3 Å². The van der Waals surface area contributed by atoms with E-state index in [1.54, 1.807) is 6.07 Å². The molecule has 0 radical (unpaired) electrons. The van der Waals surface area contributed by atoms with Crippen LogP contribution in [0.25, 0.3) is 5.65 Å². The molecule has 2 aromatic heterocycles. The third kappa shape index (κ3) is 1.11. The second kappa shape index (κ2) is 2.69. The third-order valence-corrected chi connectivity index (χ3v) is 3.89. The monoisotopic (exact) mass is 234 g/mol. The summed E-state index contributed by atoms with van der Waals surface area (Å²) in [5.41, 5.74) is 3.65. The van der Waals surface area contributed by atoms with Crippen LogP contribution in [-0.4, -0.2) is 21.1 Å². The number of aromatic nitrogens is 3. The number of nitrogens with zero attached hydrogens (tertiary/aromatic N) is 3. The SMILES string of the molecule is Clc1cc2ncc3c(n2n1)CC1(CC1)CN3. The van der Waals surface area contributed by atoms with Gasteiger partial charge >= 0.3 is 0 Å². The van der Waals surface area contributed by atoms with E-state index < -0.39 is 0 Å². The van der Waals surface area contributed by atoms with Crippen LogP contribution in [0.1, 0.15) is 18.5 Å². The highest BCUT2D eigenvalue weighted by atomic mass is 35.5. The van der Waals surface area contributed by atoms with Gasteiger partial charge in [-0.1, -0.05) is 11.6 Å². The van der Waals surface area contributed by atoms with Crippen LogP contribution in [0, 0.1) is 5.41 Å². The Balaban J connectivity index is 1.97. The number of hydrogen-bond acceptors (Lipinski definition) is 3. The van der Waals surface area contributed by atoms with Crippen LogP contribution in [0.2, 0.25) is 5.15 Å². The van der Waals surface area contributed by atoms with Crippen LogP contribution in [0.5, 0.6) is 0 Å². The van der Waals surface area contributed by atoms with Gasteiger partial charge in [0.2, 0.25) is 0 Å². The second-order valence-electron chi connectivity index (χ2n) is 4.89. The lowest BCUT2D eigenvalue weighted by atomic mass is 9.95. The molecule has 1 saturated carbocycles. The van der Waals surface area contributed by atoms with Gasteiger partial charge in [0.15, 0.2) is 10.8 Å². The molecule has 1 aliphatic heterocycles. The molecule has 0 unspecified atom stereocenters. The molecule has 0 aromatic carbocycles. The number of nitrogens with one attached hydrogen (secondary N) is 1. The zero-order valence-corrected chi connectivity index (χ0v) is 9.46. The molecule has 5 heteroatoms. The molecular weight excluding hydrogens is 224 g/mol. The molecule has 0 saturated heterocycles. The fourth-order valence-corrected chi connectivity index (χ4v) is 2.67. The van der Waals surface area contributed by atoms with Crippen molar-refractivity contribution in [2.45, 2.75) is 19.3 Å². The maximum Gasteiger partial charge on any atom is 0.156 e. The van der Waals surface area contributed by atoms with Crippen LogP contribution in [-0.2, 0) is 6.42 Å². The van der Waals surface area contributed by atoms with Crippen molar-refractivity contribution in [2.75, 3.05) is 11.9 Å². The number of halogens is 1. The minimum atomic E-state index is 0.486. The lowest BCUT2D eigenvalue weighted by Crippen LogP contribution is -2.26. The average molecular weight is 235 g/mol. The molecule has 2 aliphatic rings. The first-order chi connectivity index (χ1) is 7.76. The van der Waals surface area contributed by atoms with Crippen LogP contribution >= 0.6 is 11.6 Å². The number of rotatable bonds is 0. The quantitative estimate of drug-likeness (QED) is 0.759. The molecule has 82 valence electrons. The summed E-state index contributed by atoms with van der Waals surface area (Å²) in [5.74, 6) is 0. The van der Waals surface area contributed by atoms with Crippen LogP contribution < -0.4 is 5.32 Å². The Labute approximate surface area is 97.6 Å². The number of hydrogen-bond donors (Lipinski definition) is 1. The molecule has 1 fully saturated rings. The lowest BCUT2D eigenvalue weighted by molar-refractivity contribution is 0.505. The van der Waals surface area contributed by atoms with Crippen molar-refractivity contribution < 1.29 is 0 Å². The van der Waals surface area contributed by atoms with E-state index in [0.29, 0.717) is 10.6 Å². The van der Waals surface area contributed by atoms with Crippen molar-refractivity contribution >= 4 is 22.9 Å². The standard InChI is InChI=1S/C11H11ClN4/c12-9-3-10-13-5-7-8(16(10)15-9)4-11(1-2-11)6-14-7/h3,5,14H,1-2,4,6H2. The number of anilines is 1. The smallest absolute Gasteiger partial charge is 0.156 e. The molecule has 16 heavy (non-hydrogen) atoms. The Kier molecular flexibility index (Phi) is 1.48. The highest BCUT2D eigenvalue weighted by Crippen LogP contribution is 2.51. The summed E-state index contributed by atoms with van der Waals surface area (Å²) in [7, 11) is 0. The molecular formula is C11H11ClN4. The molecule has 3 heterocycles. The Morgan fingerprint density at radius 2 is 2.31 bits per heavy atom. The first-order valence-electron chi connectivity index (χ1n) is 5.53. The van der Waals surface area contributed by atoms with E-state index >= 15 is 0 Å². The van der Waals surface area contributed by atoms with E-state index in [1.165, 1.54) is 18.5 Å². The third-order valence-electron chi connectivity index (χ3n) is 3.71. The minimum Gasteiger partial charge on any atom is -0.382 e. The molecule has 0 amide bonds. The van der Waals surface area contributed by atoms with E-state index in [1.807, 2.05) is 10.7 Å². The summed E-state index contributed by atoms with van der Waals surface area (Å²) in [6.07, 6.45) is 5.61. The largest absolute Gasteiger partial charge is 0.382 e. The van der Waals surface area contributed by atoms with Gasteiger partial charge < -0.3 is 5.32 Å². The summed E-state index contributed by atoms with van der Waals surface area (Å²) < 4.78 is 1.88. The van der Waals surface area contributed by atoms with Gasteiger partial charge in [0.25, 0.3) is 0 Å². The first-order valence-corrected chi connectivity index (χ1v) is 5.91. The predicted octanol–water partition coefficient (Wildman–Crippen LogP) is 2.13. The Bertz CT molecular complexity index is 585. The van der Waals surface area contributed by atoms with Gasteiger partial charge in [0.05, 0.1) is 17.6 Å². The maximum absolute atomic E-state index is 5.92. The second-order valence-corrected chi connectivity index (χ2v) is 5.27. The molecule has 1 spiro atoms. The van der Waals surface area contributed by atoms with Crippen LogP contribution in [0.3, 0.4) is 0 Å². The van der Waals surface area contributed by atoms with Crippen molar-refractivity contribution in [1.82, 2.24) is 14.6 Å².